The van der Waals surface area contributed by atoms with Crippen LogP contribution in [-0.4, -0.2) is 6.61 Å². The largest absolute Gasteiger partial charge is 0.304 e. The maximum Gasteiger partial charge on any atom is 0.0707 e. The van der Waals surface area contributed by atoms with Gasteiger partial charge in [-0.25, -0.2) is 5.90 Å². The minimum atomic E-state index is 0. The second-order valence-electron chi connectivity index (χ2n) is 3.19. The number of nitrogens with two attached hydrogens (primary N) is 1. The molecule has 2 nitrogen and oxygen atoms in total. The van der Waals surface area contributed by atoms with Crippen molar-refractivity contribution in [2.24, 2.45) is 11.8 Å². The molecule has 0 aliphatic heterocycles. The maximum absolute atomic E-state index is 5.01. The third kappa shape index (κ3) is 4.62. The third-order valence-electron chi connectivity index (χ3n) is 2.31. The molecule has 0 amide bonds. The lowest BCUT2D eigenvalue weighted by molar-refractivity contribution is 0.0955. The smallest absolute Gasteiger partial charge is 0.0707 e. The van der Waals surface area contributed by atoms with Crippen LogP contribution in [0.15, 0.2) is 0 Å². The lowest BCUT2D eigenvalue weighted by Gasteiger charge is -2.10. The molecular formula is C8H18ClNO. The van der Waals surface area contributed by atoms with Gasteiger partial charge >= 0.3 is 0 Å². The molecule has 1 rings (SSSR count). The molecule has 3 heteroatoms. The second kappa shape index (κ2) is 6.89. The Bertz CT molecular complexity index is 82.2. The van der Waals surface area contributed by atoms with Crippen molar-refractivity contribution in [1.82, 2.24) is 0 Å². The van der Waals surface area contributed by atoms with Gasteiger partial charge in [-0.3, -0.25) is 0 Å². The zero-order valence-corrected chi connectivity index (χ0v) is 7.74. The number of hydrogen-bond donors (Lipinski definition) is 1. The standard InChI is InChI=1S/C8H17NO.ClH/c9-10-7-8-5-3-1-2-4-6-8;/h8H,1-7,9H2;1H. The lowest BCUT2D eigenvalue weighted by atomic mass is 10.0. The number of rotatable bonds is 2. The highest BCUT2D eigenvalue weighted by molar-refractivity contribution is 5.85. The summed E-state index contributed by atoms with van der Waals surface area (Å²) in [6.07, 6.45) is 8.18. The van der Waals surface area contributed by atoms with Crippen LogP contribution < -0.4 is 5.90 Å². The Morgan fingerprint density at radius 1 is 1.09 bits per heavy atom. The molecule has 0 heterocycles. The first-order valence-corrected chi connectivity index (χ1v) is 4.25. The predicted octanol–water partition coefficient (Wildman–Crippen LogP) is 2.27. The Morgan fingerprint density at radius 3 is 2.09 bits per heavy atom. The zero-order chi connectivity index (χ0) is 7.23. The molecule has 0 aromatic heterocycles. The van der Waals surface area contributed by atoms with Gasteiger partial charge in [0.2, 0.25) is 0 Å². The molecule has 1 saturated carbocycles. The molecular weight excluding hydrogens is 162 g/mol. The van der Waals surface area contributed by atoms with E-state index in [1.165, 1.54) is 38.5 Å². The topological polar surface area (TPSA) is 35.2 Å². The molecule has 0 saturated heterocycles. The van der Waals surface area contributed by atoms with Crippen LogP contribution in [0.1, 0.15) is 38.5 Å². The van der Waals surface area contributed by atoms with Crippen LogP contribution in [0.3, 0.4) is 0 Å². The fraction of sp³-hybridized carbons (Fsp3) is 1.00. The van der Waals surface area contributed by atoms with E-state index in [2.05, 4.69) is 4.84 Å². The molecule has 2 N–H and O–H groups in total. The van der Waals surface area contributed by atoms with Crippen molar-refractivity contribution in [3.63, 3.8) is 0 Å². The van der Waals surface area contributed by atoms with E-state index in [1.807, 2.05) is 0 Å². The first kappa shape index (κ1) is 11.2. The summed E-state index contributed by atoms with van der Waals surface area (Å²) in [6, 6.07) is 0. The van der Waals surface area contributed by atoms with Crippen LogP contribution in [0.4, 0.5) is 0 Å². The van der Waals surface area contributed by atoms with Gasteiger partial charge in [0.25, 0.3) is 0 Å². The van der Waals surface area contributed by atoms with Crippen LogP contribution in [-0.2, 0) is 4.84 Å². The van der Waals surface area contributed by atoms with Crippen molar-refractivity contribution in [1.29, 1.82) is 0 Å². The van der Waals surface area contributed by atoms with E-state index in [1.54, 1.807) is 0 Å². The molecule has 0 atom stereocenters. The summed E-state index contributed by atoms with van der Waals surface area (Å²) in [6.45, 7) is 0.764. The SMILES string of the molecule is Cl.NOCC1CCCCCC1. The highest BCUT2D eigenvalue weighted by Crippen LogP contribution is 2.22. The van der Waals surface area contributed by atoms with Crippen LogP contribution in [0.25, 0.3) is 0 Å². The number of hydrogen-bond acceptors (Lipinski definition) is 2. The van der Waals surface area contributed by atoms with Crippen LogP contribution in [0, 0.1) is 5.92 Å². The molecule has 0 radical (unpaired) electrons. The fourth-order valence-corrected chi connectivity index (χ4v) is 1.67. The van der Waals surface area contributed by atoms with Crippen molar-refractivity contribution in [2.45, 2.75) is 38.5 Å². The lowest BCUT2D eigenvalue weighted by Crippen LogP contribution is -2.11. The third-order valence-corrected chi connectivity index (χ3v) is 2.31. The summed E-state index contributed by atoms with van der Waals surface area (Å²) in [5, 5.41) is 0. The molecule has 1 fully saturated rings. The Balaban J connectivity index is 0.000001000. The first-order chi connectivity index (χ1) is 4.93. The Kier molecular flexibility index (Phi) is 7.02. The van der Waals surface area contributed by atoms with E-state index in [9.17, 15) is 0 Å². The van der Waals surface area contributed by atoms with Crippen molar-refractivity contribution in [3.8, 4) is 0 Å². The predicted molar refractivity (Wildman–Crippen MR) is 48.6 cm³/mol. The molecule has 1 aliphatic carbocycles. The molecule has 0 aromatic rings. The van der Waals surface area contributed by atoms with Crippen LogP contribution in [0.2, 0.25) is 0 Å². The van der Waals surface area contributed by atoms with Gasteiger partial charge in [0.15, 0.2) is 0 Å². The molecule has 0 spiro atoms. The van der Waals surface area contributed by atoms with Crippen molar-refractivity contribution in [2.75, 3.05) is 6.61 Å². The van der Waals surface area contributed by atoms with Crippen molar-refractivity contribution >= 4 is 12.4 Å². The van der Waals surface area contributed by atoms with Gasteiger partial charge in [0.1, 0.15) is 0 Å². The van der Waals surface area contributed by atoms with Gasteiger partial charge in [0.05, 0.1) is 6.61 Å². The normalized spacial score (nSPS) is 20.5. The Labute approximate surface area is 74.8 Å². The second-order valence-corrected chi connectivity index (χ2v) is 3.19. The molecule has 1 aliphatic rings. The van der Waals surface area contributed by atoms with E-state index < -0.39 is 0 Å². The van der Waals surface area contributed by atoms with Crippen molar-refractivity contribution in [3.05, 3.63) is 0 Å². The monoisotopic (exact) mass is 179 g/mol. The summed E-state index contributed by atoms with van der Waals surface area (Å²) in [5.74, 6) is 5.75. The highest BCUT2D eigenvalue weighted by Gasteiger charge is 2.11. The van der Waals surface area contributed by atoms with Gasteiger partial charge in [0, 0.05) is 0 Å². The molecule has 11 heavy (non-hydrogen) atoms. The summed E-state index contributed by atoms with van der Waals surface area (Å²) in [4.78, 5) is 4.64. The van der Waals surface area contributed by atoms with Gasteiger partial charge in [-0.1, -0.05) is 25.7 Å². The summed E-state index contributed by atoms with van der Waals surface area (Å²) < 4.78 is 0. The van der Waals surface area contributed by atoms with E-state index in [0.29, 0.717) is 0 Å². The Morgan fingerprint density at radius 2 is 1.64 bits per heavy atom. The average Bonchev–Trinajstić information content (AvgIpc) is 2.17. The first-order valence-electron chi connectivity index (χ1n) is 4.25. The zero-order valence-electron chi connectivity index (χ0n) is 6.92. The van der Waals surface area contributed by atoms with Crippen LogP contribution in [0.5, 0.6) is 0 Å². The van der Waals surface area contributed by atoms with E-state index in [4.69, 9.17) is 5.90 Å². The van der Waals surface area contributed by atoms with Gasteiger partial charge in [-0.2, -0.15) is 0 Å². The van der Waals surface area contributed by atoms with Crippen molar-refractivity contribution < 1.29 is 4.84 Å². The fourth-order valence-electron chi connectivity index (χ4n) is 1.67. The van der Waals surface area contributed by atoms with E-state index >= 15 is 0 Å². The molecule has 68 valence electrons. The average molecular weight is 180 g/mol. The Hall–Kier alpha value is 0.210. The minimum Gasteiger partial charge on any atom is -0.304 e. The quantitative estimate of drug-likeness (QED) is 0.522. The minimum absolute atomic E-state index is 0. The van der Waals surface area contributed by atoms with Crippen LogP contribution >= 0.6 is 12.4 Å². The van der Waals surface area contributed by atoms with Gasteiger partial charge in [-0.05, 0) is 18.8 Å². The maximum atomic E-state index is 5.01. The molecule has 0 unspecified atom stereocenters. The van der Waals surface area contributed by atoms with E-state index in [0.717, 1.165) is 12.5 Å². The molecule has 0 aromatic carbocycles. The summed E-state index contributed by atoms with van der Waals surface area (Å²) in [7, 11) is 0. The highest BCUT2D eigenvalue weighted by atomic mass is 35.5. The number of halogens is 1. The summed E-state index contributed by atoms with van der Waals surface area (Å²) in [5.41, 5.74) is 0. The van der Waals surface area contributed by atoms with Gasteiger partial charge in [-0.15, -0.1) is 12.4 Å². The van der Waals surface area contributed by atoms with Gasteiger partial charge < -0.3 is 4.84 Å². The molecule has 0 bridgehead atoms. The summed E-state index contributed by atoms with van der Waals surface area (Å²) >= 11 is 0. The van der Waals surface area contributed by atoms with E-state index in [-0.39, 0.29) is 12.4 Å².